The van der Waals surface area contributed by atoms with E-state index in [0.717, 1.165) is 18.0 Å². The number of para-hydroxylation sites is 2. The van der Waals surface area contributed by atoms with Crippen LogP contribution in [-0.4, -0.2) is 61.4 Å². The molecule has 0 spiro atoms. The molecule has 0 saturated carbocycles. The van der Waals surface area contributed by atoms with Gasteiger partial charge < -0.3 is 15.0 Å². The SMILES string of the molecule is COc1ccccc1NC(=O)CCN1CCN(C(=O)c2cccs2)CC1. The average Bonchev–Trinajstić information content (AvgIpc) is 3.21. The number of hydrogen-bond donors (Lipinski definition) is 1. The molecule has 1 aromatic carbocycles. The van der Waals surface area contributed by atoms with E-state index in [1.165, 1.54) is 11.3 Å². The van der Waals surface area contributed by atoms with Gasteiger partial charge in [0.25, 0.3) is 5.91 Å². The van der Waals surface area contributed by atoms with Crippen molar-refractivity contribution in [2.24, 2.45) is 0 Å². The van der Waals surface area contributed by atoms with Crippen LogP contribution in [0.25, 0.3) is 0 Å². The van der Waals surface area contributed by atoms with Crippen molar-refractivity contribution < 1.29 is 14.3 Å². The first-order valence-corrected chi connectivity index (χ1v) is 9.53. The third-order valence-corrected chi connectivity index (χ3v) is 5.29. The number of nitrogens with zero attached hydrogens (tertiary/aromatic N) is 2. The number of ether oxygens (including phenoxy) is 1. The fourth-order valence-corrected chi connectivity index (χ4v) is 3.64. The molecule has 2 heterocycles. The van der Waals surface area contributed by atoms with Crippen LogP contribution in [0.2, 0.25) is 0 Å². The fraction of sp³-hybridized carbons (Fsp3) is 0.368. The lowest BCUT2D eigenvalue weighted by Crippen LogP contribution is -2.49. The van der Waals surface area contributed by atoms with Crippen LogP contribution in [-0.2, 0) is 4.79 Å². The van der Waals surface area contributed by atoms with Crippen molar-refractivity contribution in [1.82, 2.24) is 9.80 Å². The Morgan fingerprint density at radius 2 is 1.88 bits per heavy atom. The molecule has 1 aliphatic heterocycles. The van der Waals surface area contributed by atoms with Crippen molar-refractivity contribution in [3.8, 4) is 5.75 Å². The van der Waals surface area contributed by atoms with Crippen molar-refractivity contribution >= 4 is 28.8 Å². The number of thiophene rings is 1. The van der Waals surface area contributed by atoms with Crippen LogP contribution in [0.5, 0.6) is 5.75 Å². The minimum Gasteiger partial charge on any atom is -0.495 e. The second-order valence-electron chi connectivity index (χ2n) is 6.11. The van der Waals surface area contributed by atoms with Gasteiger partial charge in [0, 0.05) is 39.1 Å². The minimum absolute atomic E-state index is 0.0356. The summed E-state index contributed by atoms with van der Waals surface area (Å²) in [6.07, 6.45) is 0.414. The van der Waals surface area contributed by atoms with Crippen LogP contribution in [0.15, 0.2) is 41.8 Å². The van der Waals surface area contributed by atoms with Crippen molar-refractivity contribution in [3.63, 3.8) is 0 Å². The molecule has 0 unspecified atom stereocenters. The first-order chi connectivity index (χ1) is 12.7. The summed E-state index contributed by atoms with van der Waals surface area (Å²) in [5, 5.41) is 4.81. The quantitative estimate of drug-likeness (QED) is 0.845. The number of nitrogens with one attached hydrogen (secondary N) is 1. The number of benzene rings is 1. The lowest BCUT2D eigenvalue weighted by Gasteiger charge is -2.34. The minimum atomic E-state index is -0.0356. The number of carbonyl (C=O) groups is 2. The summed E-state index contributed by atoms with van der Waals surface area (Å²) >= 11 is 1.48. The van der Waals surface area contributed by atoms with Crippen LogP contribution >= 0.6 is 11.3 Å². The van der Waals surface area contributed by atoms with Crippen molar-refractivity contribution in [2.45, 2.75) is 6.42 Å². The highest BCUT2D eigenvalue weighted by atomic mass is 32.1. The molecule has 0 radical (unpaired) electrons. The Morgan fingerprint density at radius 3 is 2.58 bits per heavy atom. The second kappa shape index (κ2) is 8.82. The number of amides is 2. The molecule has 1 aromatic heterocycles. The van der Waals surface area contributed by atoms with E-state index in [-0.39, 0.29) is 11.8 Å². The maximum atomic E-state index is 12.3. The zero-order valence-electron chi connectivity index (χ0n) is 14.8. The Bertz CT molecular complexity index is 740. The third kappa shape index (κ3) is 4.62. The van der Waals surface area contributed by atoms with Gasteiger partial charge in [-0.05, 0) is 23.6 Å². The van der Waals surface area contributed by atoms with E-state index >= 15 is 0 Å². The largest absolute Gasteiger partial charge is 0.495 e. The normalized spacial score (nSPS) is 14.9. The number of anilines is 1. The third-order valence-electron chi connectivity index (χ3n) is 4.43. The average molecular weight is 373 g/mol. The molecule has 2 aromatic rings. The van der Waals surface area contributed by atoms with Crippen LogP contribution in [0, 0.1) is 0 Å². The lowest BCUT2D eigenvalue weighted by molar-refractivity contribution is -0.116. The van der Waals surface area contributed by atoms with E-state index < -0.39 is 0 Å². The smallest absolute Gasteiger partial charge is 0.264 e. The monoisotopic (exact) mass is 373 g/mol. The number of rotatable bonds is 6. The van der Waals surface area contributed by atoms with Crippen LogP contribution < -0.4 is 10.1 Å². The Labute approximate surface area is 157 Å². The molecule has 1 fully saturated rings. The van der Waals surface area contributed by atoms with Gasteiger partial charge in [-0.3, -0.25) is 14.5 Å². The zero-order chi connectivity index (χ0) is 18.4. The molecule has 0 aliphatic carbocycles. The number of hydrogen-bond acceptors (Lipinski definition) is 5. The highest BCUT2D eigenvalue weighted by Gasteiger charge is 2.22. The fourth-order valence-electron chi connectivity index (χ4n) is 2.95. The Morgan fingerprint density at radius 1 is 1.12 bits per heavy atom. The molecule has 0 bridgehead atoms. The standard InChI is InChI=1S/C19H23N3O3S/c1-25-16-6-3-2-5-15(16)20-18(23)8-9-21-10-12-22(13-11-21)19(24)17-7-4-14-26-17/h2-7,14H,8-13H2,1H3,(H,20,23). The van der Waals surface area contributed by atoms with Gasteiger partial charge in [-0.15, -0.1) is 11.3 Å². The predicted octanol–water partition coefficient (Wildman–Crippen LogP) is 2.54. The Balaban J connectivity index is 1.42. The van der Waals surface area contributed by atoms with Crippen LogP contribution in [0.1, 0.15) is 16.1 Å². The maximum absolute atomic E-state index is 12.3. The van der Waals surface area contributed by atoms with E-state index in [2.05, 4.69) is 10.2 Å². The van der Waals surface area contributed by atoms with E-state index in [1.807, 2.05) is 46.7 Å². The topological polar surface area (TPSA) is 61.9 Å². The molecule has 0 atom stereocenters. The van der Waals surface area contributed by atoms with Gasteiger partial charge in [-0.1, -0.05) is 18.2 Å². The number of carbonyl (C=O) groups excluding carboxylic acids is 2. The van der Waals surface area contributed by atoms with Crippen molar-refractivity contribution in [2.75, 3.05) is 45.2 Å². The summed E-state index contributed by atoms with van der Waals surface area (Å²) in [6, 6.07) is 11.1. The molecule has 6 nitrogen and oxygen atoms in total. The molecule has 1 N–H and O–H groups in total. The molecule has 1 aliphatic rings. The molecule has 2 amide bonds. The van der Waals surface area contributed by atoms with Gasteiger partial charge in [0.1, 0.15) is 5.75 Å². The van der Waals surface area contributed by atoms with Gasteiger partial charge in [0.05, 0.1) is 17.7 Å². The van der Waals surface area contributed by atoms with Gasteiger partial charge in [-0.2, -0.15) is 0 Å². The maximum Gasteiger partial charge on any atom is 0.264 e. The van der Waals surface area contributed by atoms with Crippen molar-refractivity contribution in [1.29, 1.82) is 0 Å². The van der Waals surface area contributed by atoms with E-state index in [4.69, 9.17) is 4.74 Å². The summed E-state index contributed by atoms with van der Waals surface area (Å²) in [6.45, 7) is 3.66. The number of methoxy groups -OCH3 is 1. The summed E-state index contributed by atoms with van der Waals surface area (Å²) in [4.78, 5) is 29.4. The Kier molecular flexibility index (Phi) is 6.25. The van der Waals surface area contributed by atoms with Crippen LogP contribution in [0.3, 0.4) is 0 Å². The summed E-state index contributed by atoms with van der Waals surface area (Å²) in [5.41, 5.74) is 0.686. The molecule has 26 heavy (non-hydrogen) atoms. The lowest BCUT2D eigenvalue weighted by atomic mass is 10.2. The van der Waals surface area contributed by atoms with Gasteiger partial charge in [0.2, 0.25) is 5.91 Å². The molecule has 1 saturated heterocycles. The van der Waals surface area contributed by atoms with Crippen LogP contribution in [0.4, 0.5) is 5.69 Å². The Hall–Kier alpha value is -2.38. The summed E-state index contributed by atoms with van der Waals surface area (Å²) in [5.74, 6) is 0.724. The zero-order valence-corrected chi connectivity index (χ0v) is 15.6. The first kappa shape index (κ1) is 18.4. The highest BCUT2D eigenvalue weighted by Crippen LogP contribution is 2.23. The molecule has 3 rings (SSSR count). The number of piperazine rings is 1. The highest BCUT2D eigenvalue weighted by molar-refractivity contribution is 7.12. The van der Waals surface area contributed by atoms with Gasteiger partial charge in [-0.25, -0.2) is 0 Å². The summed E-state index contributed by atoms with van der Waals surface area (Å²) < 4.78 is 5.24. The predicted molar refractivity (Wildman–Crippen MR) is 103 cm³/mol. The van der Waals surface area contributed by atoms with E-state index in [1.54, 1.807) is 7.11 Å². The molecular formula is C19H23N3O3S. The first-order valence-electron chi connectivity index (χ1n) is 8.65. The van der Waals surface area contributed by atoms with Crippen molar-refractivity contribution in [3.05, 3.63) is 46.7 Å². The summed E-state index contributed by atoms with van der Waals surface area (Å²) in [7, 11) is 1.59. The van der Waals surface area contributed by atoms with Gasteiger partial charge >= 0.3 is 0 Å². The molecule has 138 valence electrons. The van der Waals surface area contributed by atoms with E-state index in [0.29, 0.717) is 37.5 Å². The molecular weight excluding hydrogens is 350 g/mol. The second-order valence-corrected chi connectivity index (χ2v) is 7.06. The van der Waals surface area contributed by atoms with Gasteiger partial charge in [0.15, 0.2) is 0 Å². The van der Waals surface area contributed by atoms with E-state index in [9.17, 15) is 9.59 Å². The molecule has 7 heteroatoms.